The molecule has 2 heterocycles. The zero-order chi connectivity index (χ0) is 18.3. The Hall–Kier alpha value is -3.19. The van der Waals surface area contributed by atoms with Crippen LogP contribution < -0.4 is 10.6 Å². The molecule has 2 aromatic carbocycles. The molecule has 2 amide bonds. The highest BCUT2D eigenvalue weighted by molar-refractivity contribution is 7.07. The van der Waals surface area contributed by atoms with Gasteiger partial charge in [-0.05, 0) is 36.6 Å². The van der Waals surface area contributed by atoms with E-state index in [-0.39, 0.29) is 11.6 Å². The Balaban J connectivity index is 1.37. The number of nitrogens with one attached hydrogen (secondary N) is 2. The first kappa shape index (κ1) is 16.0. The van der Waals surface area contributed by atoms with E-state index in [9.17, 15) is 4.79 Å². The quantitative estimate of drug-likeness (QED) is 0.559. The highest BCUT2D eigenvalue weighted by Gasteiger charge is 2.45. The summed E-state index contributed by atoms with van der Waals surface area (Å²) in [5, 5.41) is 8.05. The third-order valence-electron chi connectivity index (χ3n) is 4.90. The van der Waals surface area contributed by atoms with Gasteiger partial charge >= 0.3 is 6.03 Å². The summed E-state index contributed by atoms with van der Waals surface area (Å²) in [7, 11) is 0. The summed E-state index contributed by atoms with van der Waals surface area (Å²) in [5.74, 6) is 0.824. The molecule has 0 aliphatic heterocycles. The number of aromatic nitrogens is 3. The van der Waals surface area contributed by atoms with Crippen molar-refractivity contribution in [3.05, 3.63) is 71.3 Å². The van der Waals surface area contributed by atoms with Crippen LogP contribution in [0.25, 0.3) is 16.9 Å². The van der Waals surface area contributed by atoms with Crippen LogP contribution in [0, 0.1) is 0 Å². The molecule has 2 aromatic heterocycles. The van der Waals surface area contributed by atoms with Crippen molar-refractivity contribution in [2.24, 2.45) is 0 Å². The number of carbonyl (C=O) groups excluding carboxylic acids is 1. The molecule has 0 atom stereocenters. The van der Waals surface area contributed by atoms with Crippen molar-refractivity contribution >= 4 is 34.1 Å². The number of amides is 2. The van der Waals surface area contributed by atoms with Crippen molar-refractivity contribution in [2.75, 3.05) is 5.32 Å². The first-order valence-corrected chi connectivity index (χ1v) is 9.68. The molecule has 134 valence electrons. The maximum absolute atomic E-state index is 12.6. The van der Waals surface area contributed by atoms with Gasteiger partial charge in [0.25, 0.3) is 0 Å². The third kappa shape index (κ3) is 2.96. The number of hydrogen-bond acceptors (Lipinski definition) is 4. The lowest BCUT2D eigenvalue weighted by Gasteiger charge is -2.18. The molecule has 2 N–H and O–H groups in total. The molecule has 7 heteroatoms. The van der Waals surface area contributed by atoms with Gasteiger partial charge in [0.15, 0.2) is 0 Å². The molecule has 1 aliphatic rings. The number of benzene rings is 2. The summed E-state index contributed by atoms with van der Waals surface area (Å²) in [6, 6.07) is 15.6. The second-order valence-corrected chi connectivity index (χ2v) is 7.41. The van der Waals surface area contributed by atoms with Crippen molar-refractivity contribution in [2.45, 2.75) is 18.4 Å². The van der Waals surface area contributed by atoms with Crippen molar-refractivity contribution in [1.29, 1.82) is 0 Å². The van der Waals surface area contributed by atoms with Gasteiger partial charge < -0.3 is 10.6 Å². The number of nitrogens with zero attached hydrogens (tertiary/aromatic N) is 3. The molecule has 1 saturated carbocycles. The third-order valence-corrected chi connectivity index (χ3v) is 5.47. The number of hydrogen-bond donors (Lipinski definition) is 2. The van der Waals surface area contributed by atoms with E-state index in [0.717, 1.165) is 40.9 Å². The maximum Gasteiger partial charge on any atom is 0.319 e. The van der Waals surface area contributed by atoms with Crippen LogP contribution in [-0.2, 0) is 5.54 Å². The van der Waals surface area contributed by atoms with Gasteiger partial charge in [0.1, 0.15) is 12.1 Å². The molecule has 0 spiro atoms. The van der Waals surface area contributed by atoms with Crippen LogP contribution in [0.1, 0.15) is 18.4 Å². The van der Waals surface area contributed by atoms with Gasteiger partial charge in [-0.15, -0.1) is 11.3 Å². The van der Waals surface area contributed by atoms with E-state index < -0.39 is 0 Å². The number of rotatable bonds is 4. The zero-order valence-electron chi connectivity index (χ0n) is 14.4. The fourth-order valence-corrected chi connectivity index (χ4v) is 3.87. The molecule has 5 rings (SSSR count). The fourth-order valence-electron chi connectivity index (χ4n) is 3.34. The van der Waals surface area contributed by atoms with Gasteiger partial charge in [-0.3, -0.25) is 4.57 Å². The van der Waals surface area contributed by atoms with Gasteiger partial charge in [-0.1, -0.05) is 30.3 Å². The molecule has 1 aliphatic carbocycles. The number of fused-ring (bicyclic) bond motifs is 1. The minimum absolute atomic E-state index is 0.199. The van der Waals surface area contributed by atoms with E-state index in [0.29, 0.717) is 0 Å². The van der Waals surface area contributed by atoms with Crippen LogP contribution in [0.15, 0.2) is 65.7 Å². The molecule has 0 saturated heterocycles. The number of anilines is 1. The van der Waals surface area contributed by atoms with E-state index in [2.05, 4.69) is 32.7 Å². The van der Waals surface area contributed by atoms with Gasteiger partial charge in [-0.25, -0.2) is 14.8 Å². The van der Waals surface area contributed by atoms with E-state index in [4.69, 9.17) is 0 Å². The van der Waals surface area contributed by atoms with E-state index in [1.54, 1.807) is 11.8 Å². The van der Waals surface area contributed by atoms with Crippen LogP contribution in [0.4, 0.5) is 10.5 Å². The van der Waals surface area contributed by atoms with Crippen LogP contribution in [-0.4, -0.2) is 20.6 Å². The Kier molecular flexibility index (Phi) is 3.68. The molecule has 0 unspecified atom stereocenters. The Bertz CT molecular complexity index is 1100. The molecule has 0 radical (unpaired) electrons. The predicted octanol–water partition coefficient (Wildman–Crippen LogP) is 4.29. The summed E-state index contributed by atoms with van der Waals surface area (Å²) in [6.07, 6.45) is 3.66. The van der Waals surface area contributed by atoms with Crippen LogP contribution >= 0.6 is 11.3 Å². The van der Waals surface area contributed by atoms with Gasteiger partial charge in [0.05, 0.1) is 22.1 Å². The second-order valence-electron chi connectivity index (χ2n) is 6.69. The lowest BCUT2D eigenvalue weighted by atomic mass is 10.1. The van der Waals surface area contributed by atoms with E-state index in [1.807, 2.05) is 46.3 Å². The first-order chi connectivity index (χ1) is 13.2. The molecular formula is C20H17N5OS. The van der Waals surface area contributed by atoms with Crippen molar-refractivity contribution in [3.63, 3.8) is 0 Å². The highest BCUT2D eigenvalue weighted by Crippen LogP contribution is 2.45. The number of carbonyl (C=O) groups is 1. The molecule has 4 aromatic rings. The summed E-state index contributed by atoms with van der Waals surface area (Å²) in [4.78, 5) is 21.3. The summed E-state index contributed by atoms with van der Waals surface area (Å²) >= 11 is 1.53. The lowest BCUT2D eigenvalue weighted by Crippen LogP contribution is -2.38. The number of urea groups is 1. The van der Waals surface area contributed by atoms with Crippen molar-refractivity contribution in [3.8, 4) is 5.82 Å². The topological polar surface area (TPSA) is 71.8 Å². The minimum atomic E-state index is -0.238. The average Bonchev–Trinajstić information content (AvgIpc) is 3.08. The van der Waals surface area contributed by atoms with Gasteiger partial charge in [0, 0.05) is 11.1 Å². The summed E-state index contributed by atoms with van der Waals surface area (Å²) < 4.78 is 1.92. The SMILES string of the molecule is O=C(Nc1ccc2ncn(-c3cscn3)c2c1)NC1(c2ccccc2)CC1. The molecule has 0 bridgehead atoms. The van der Waals surface area contributed by atoms with Crippen LogP contribution in [0.2, 0.25) is 0 Å². The Morgan fingerprint density at radius 2 is 1.96 bits per heavy atom. The van der Waals surface area contributed by atoms with Gasteiger partial charge in [-0.2, -0.15) is 0 Å². The highest BCUT2D eigenvalue weighted by atomic mass is 32.1. The summed E-state index contributed by atoms with van der Waals surface area (Å²) in [6.45, 7) is 0. The maximum atomic E-state index is 12.6. The number of imidazole rings is 1. The Labute approximate surface area is 159 Å². The van der Waals surface area contributed by atoms with Crippen LogP contribution in [0.3, 0.4) is 0 Å². The van der Waals surface area contributed by atoms with Crippen molar-refractivity contribution < 1.29 is 4.79 Å². The predicted molar refractivity (Wildman–Crippen MR) is 106 cm³/mol. The lowest BCUT2D eigenvalue weighted by molar-refractivity contribution is 0.247. The average molecular weight is 375 g/mol. The molecule has 1 fully saturated rings. The fraction of sp³-hybridized carbons (Fsp3) is 0.150. The van der Waals surface area contributed by atoms with Gasteiger partial charge in [0.2, 0.25) is 0 Å². The Morgan fingerprint density at radius 1 is 1.11 bits per heavy atom. The number of thiazole rings is 1. The second kappa shape index (κ2) is 6.21. The van der Waals surface area contributed by atoms with Crippen molar-refractivity contribution in [1.82, 2.24) is 19.9 Å². The minimum Gasteiger partial charge on any atom is -0.328 e. The largest absolute Gasteiger partial charge is 0.328 e. The van der Waals surface area contributed by atoms with Crippen LogP contribution in [0.5, 0.6) is 0 Å². The Morgan fingerprint density at radius 3 is 2.70 bits per heavy atom. The zero-order valence-corrected chi connectivity index (χ0v) is 15.2. The summed E-state index contributed by atoms with van der Waals surface area (Å²) in [5.41, 5.74) is 5.19. The van der Waals surface area contributed by atoms with E-state index >= 15 is 0 Å². The molecule has 27 heavy (non-hydrogen) atoms. The monoisotopic (exact) mass is 375 g/mol. The molecular weight excluding hydrogens is 358 g/mol. The first-order valence-electron chi connectivity index (χ1n) is 8.74. The standard InChI is InChI=1S/C20H17N5OS/c26-19(24-20(8-9-20)14-4-2-1-3-5-14)23-15-6-7-16-17(10-15)25(12-21-16)18-11-27-13-22-18/h1-7,10-13H,8-9H2,(H2,23,24,26). The normalized spacial score (nSPS) is 14.8. The van der Waals surface area contributed by atoms with E-state index in [1.165, 1.54) is 11.3 Å². The molecule has 6 nitrogen and oxygen atoms in total. The smallest absolute Gasteiger partial charge is 0.319 e.